The molecule has 1 nitrogen and oxygen atoms in total. The summed E-state index contributed by atoms with van der Waals surface area (Å²) in [7, 11) is -1.13. The van der Waals surface area contributed by atoms with Crippen LogP contribution < -0.4 is 5.73 Å². The van der Waals surface area contributed by atoms with Crippen molar-refractivity contribution in [3.63, 3.8) is 0 Å². The lowest BCUT2D eigenvalue weighted by Gasteiger charge is -2.43. The van der Waals surface area contributed by atoms with E-state index in [4.69, 9.17) is 5.73 Å². The molecule has 0 aliphatic rings. The predicted molar refractivity (Wildman–Crippen MR) is 102 cm³/mol. The Morgan fingerprint density at radius 3 is 1.24 bits per heavy atom. The summed E-state index contributed by atoms with van der Waals surface area (Å²) in [4.78, 5) is 0. The van der Waals surface area contributed by atoms with E-state index in [-0.39, 0.29) is 0 Å². The fraction of sp³-hybridized carbons (Fsp3) is 1.00. The van der Waals surface area contributed by atoms with Gasteiger partial charge in [0.25, 0.3) is 0 Å². The van der Waals surface area contributed by atoms with Crippen LogP contribution in [0.15, 0.2) is 0 Å². The highest BCUT2D eigenvalue weighted by Gasteiger charge is 2.41. The first-order valence-corrected chi connectivity index (χ1v) is 12.0. The molecule has 2 N–H and O–H groups in total. The van der Waals surface area contributed by atoms with Crippen LogP contribution in [0.4, 0.5) is 0 Å². The summed E-state index contributed by atoms with van der Waals surface area (Å²) < 4.78 is 0. The van der Waals surface area contributed by atoms with E-state index in [9.17, 15) is 0 Å². The second-order valence-corrected chi connectivity index (χ2v) is 14.1. The van der Waals surface area contributed by atoms with E-state index >= 15 is 0 Å². The minimum Gasteiger partial charge on any atom is -0.330 e. The van der Waals surface area contributed by atoms with Gasteiger partial charge in [-0.1, -0.05) is 109 Å². The average molecular weight is 314 g/mol. The van der Waals surface area contributed by atoms with Crippen molar-refractivity contribution >= 4 is 8.07 Å². The van der Waals surface area contributed by atoms with Gasteiger partial charge in [0.1, 0.15) is 0 Å². The highest BCUT2D eigenvalue weighted by molar-refractivity contribution is 6.83. The zero-order valence-electron chi connectivity index (χ0n) is 15.9. The summed E-state index contributed by atoms with van der Waals surface area (Å²) in [5, 5.41) is 0. The molecule has 0 radical (unpaired) electrons. The summed E-state index contributed by atoms with van der Waals surface area (Å²) >= 11 is 0. The first-order chi connectivity index (χ1) is 9.89. The molecule has 0 unspecified atom stereocenters. The van der Waals surface area contributed by atoms with E-state index in [0.717, 1.165) is 23.2 Å². The Labute approximate surface area is 136 Å². The van der Waals surface area contributed by atoms with E-state index in [1.54, 1.807) is 6.04 Å². The van der Waals surface area contributed by atoms with Crippen LogP contribution in [0.5, 0.6) is 0 Å². The van der Waals surface area contributed by atoms with Gasteiger partial charge in [-0.3, -0.25) is 0 Å². The normalized spacial score (nSPS) is 12.9. The minimum atomic E-state index is -1.13. The van der Waals surface area contributed by atoms with Crippen molar-refractivity contribution in [2.45, 2.75) is 116 Å². The zero-order valence-corrected chi connectivity index (χ0v) is 16.9. The summed E-state index contributed by atoms with van der Waals surface area (Å²) in [6.07, 6.45) is 11.2. The molecule has 0 fully saturated rings. The maximum absolute atomic E-state index is 5.53. The van der Waals surface area contributed by atoms with Gasteiger partial charge >= 0.3 is 0 Å². The van der Waals surface area contributed by atoms with Crippen LogP contribution in [0.1, 0.15) is 92.9 Å². The van der Waals surface area contributed by atoms with E-state index in [0.29, 0.717) is 0 Å². The third-order valence-corrected chi connectivity index (χ3v) is 13.5. The number of nitrogens with two attached hydrogens (primary N) is 1. The van der Waals surface area contributed by atoms with Crippen LogP contribution in [0.2, 0.25) is 22.7 Å². The smallest absolute Gasteiger partial charge is 0.0612 e. The molecule has 0 aliphatic heterocycles. The highest BCUT2D eigenvalue weighted by Crippen LogP contribution is 2.45. The average Bonchev–Trinajstić information content (AvgIpc) is 2.39. The van der Waals surface area contributed by atoms with Crippen molar-refractivity contribution in [1.29, 1.82) is 0 Å². The summed E-state index contributed by atoms with van der Waals surface area (Å²) in [6, 6.07) is 1.55. The number of rotatable bonds is 13. The van der Waals surface area contributed by atoms with Gasteiger partial charge in [0, 0.05) is 0 Å². The van der Waals surface area contributed by atoms with Crippen molar-refractivity contribution in [2.24, 2.45) is 5.73 Å². The van der Waals surface area contributed by atoms with Gasteiger partial charge in [-0.05, 0) is 13.0 Å². The second kappa shape index (κ2) is 11.7. The zero-order chi connectivity index (χ0) is 16.3. The summed E-state index contributed by atoms with van der Waals surface area (Å²) in [6.45, 7) is 15.8. The first kappa shape index (κ1) is 21.2. The Balaban J connectivity index is 3.95. The molecule has 0 aliphatic carbocycles. The van der Waals surface area contributed by atoms with Crippen molar-refractivity contribution in [3.05, 3.63) is 0 Å². The lowest BCUT2D eigenvalue weighted by molar-refractivity contribution is 0.575. The van der Waals surface area contributed by atoms with E-state index in [1.165, 1.54) is 51.4 Å². The van der Waals surface area contributed by atoms with Gasteiger partial charge in [-0.2, -0.15) is 0 Å². The van der Waals surface area contributed by atoms with Crippen LogP contribution >= 0.6 is 0 Å². The fourth-order valence-electron chi connectivity index (χ4n) is 4.50. The number of hydrogen-bond acceptors (Lipinski definition) is 1. The van der Waals surface area contributed by atoms with E-state index in [1.807, 2.05) is 0 Å². The molecule has 0 amide bonds. The van der Waals surface area contributed by atoms with Gasteiger partial charge in [0.05, 0.1) is 8.07 Å². The largest absolute Gasteiger partial charge is 0.330 e. The maximum Gasteiger partial charge on any atom is 0.0612 e. The summed E-state index contributed by atoms with van der Waals surface area (Å²) in [5.74, 6) is 0. The molecule has 0 atom stereocenters. The molecule has 0 saturated heterocycles. The maximum atomic E-state index is 5.53. The van der Waals surface area contributed by atoms with Gasteiger partial charge in [0.15, 0.2) is 0 Å². The molecule has 0 spiro atoms. The quantitative estimate of drug-likeness (QED) is 0.295. The highest BCUT2D eigenvalue weighted by atomic mass is 28.3. The molecule has 0 rings (SSSR count). The van der Waals surface area contributed by atoms with Crippen molar-refractivity contribution in [1.82, 2.24) is 0 Å². The Kier molecular flexibility index (Phi) is 11.8. The predicted octanol–water partition coefficient (Wildman–Crippen LogP) is 6.74. The van der Waals surface area contributed by atoms with Gasteiger partial charge in [-0.25, -0.2) is 0 Å². The van der Waals surface area contributed by atoms with Gasteiger partial charge < -0.3 is 5.73 Å². The Hall–Kier alpha value is 0.177. The third kappa shape index (κ3) is 7.32. The molecule has 0 aromatic carbocycles. The van der Waals surface area contributed by atoms with Crippen molar-refractivity contribution < 1.29 is 0 Å². The number of unbranched alkanes of at least 4 members (excludes halogenated alkanes) is 7. The van der Waals surface area contributed by atoms with E-state index < -0.39 is 8.07 Å². The minimum absolute atomic E-state index is 0.867. The molecular formula is C19H43NSi. The molecule has 0 saturated carbocycles. The molecular weight excluding hydrogens is 270 g/mol. The molecule has 21 heavy (non-hydrogen) atoms. The molecule has 0 aromatic heterocycles. The summed E-state index contributed by atoms with van der Waals surface area (Å²) in [5.41, 5.74) is 8.30. The molecule has 0 bridgehead atoms. The topological polar surface area (TPSA) is 26.0 Å². The van der Waals surface area contributed by atoms with Crippen LogP contribution in [0, 0.1) is 0 Å². The lowest BCUT2D eigenvalue weighted by Crippen LogP contribution is -2.44. The molecule has 2 heteroatoms. The Bertz CT molecular complexity index is 214. The standard InChI is InChI=1S/C19H43NSi/c1-17(2)21(18(3)4,19(5)6)16-14-12-10-8-7-9-11-13-15-20/h17-19H,7-16,20H2,1-6H3. The monoisotopic (exact) mass is 313 g/mol. The first-order valence-electron chi connectivity index (χ1n) is 9.59. The van der Waals surface area contributed by atoms with Gasteiger partial charge in [-0.15, -0.1) is 0 Å². The number of hydrogen-bond donors (Lipinski definition) is 1. The second-order valence-electron chi connectivity index (χ2n) is 7.94. The molecule has 0 heterocycles. The molecule has 0 aromatic rings. The SMILES string of the molecule is CC(C)[Si](CCCCCCCCCCN)(C(C)C)C(C)C. The van der Waals surface area contributed by atoms with Crippen LogP contribution in [0.3, 0.4) is 0 Å². The third-order valence-electron chi connectivity index (χ3n) is 5.79. The lowest BCUT2D eigenvalue weighted by atomic mass is 10.1. The fourth-order valence-corrected chi connectivity index (χ4v) is 11.1. The van der Waals surface area contributed by atoms with E-state index in [2.05, 4.69) is 41.5 Å². The van der Waals surface area contributed by atoms with Gasteiger partial charge in [0.2, 0.25) is 0 Å². The van der Waals surface area contributed by atoms with Crippen molar-refractivity contribution in [2.75, 3.05) is 6.54 Å². The van der Waals surface area contributed by atoms with Crippen molar-refractivity contribution in [3.8, 4) is 0 Å². The Morgan fingerprint density at radius 2 is 0.905 bits per heavy atom. The Morgan fingerprint density at radius 1 is 0.571 bits per heavy atom. The van der Waals surface area contributed by atoms with Crippen LogP contribution in [-0.2, 0) is 0 Å². The molecule has 128 valence electrons. The van der Waals surface area contributed by atoms with Crippen LogP contribution in [0.25, 0.3) is 0 Å². The van der Waals surface area contributed by atoms with Crippen LogP contribution in [-0.4, -0.2) is 14.6 Å².